The first-order valence-corrected chi connectivity index (χ1v) is 7.32. The number of imidazole rings is 1. The van der Waals surface area contributed by atoms with E-state index < -0.39 is 0 Å². The number of hydrogen-bond acceptors (Lipinski definition) is 3. The van der Waals surface area contributed by atoms with E-state index in [0.29, 0.717) is 12.3 Å². The van der Waals surface area contributed by atoms with E-state index in [-0.39, 0.29) is 5.97 Å². The van der Waals surface area contributed by atoms with Crippen molar-refractivity contribution in [1.29, 1.82) is 0 Å². The summed E-state index contributed by atoms with van der Waals surface area (Å²) in [5, 5.41) is 0. The van der Waals surface area contributed by atoms with Crippen LogP contribution in [0.5, 0.6) is 0 Å². The van der Waals surface area contributed by atoms with E-state index in [1.807, 2.05) is 22.7 Å². The largest absolute Gasteiger partial charge is 0.461 e. The van der Waals surface area contributed by atoms with E-state index >= 15 is 0 Å². The minimum Gasteiger partial charge on any atom is -0.461 e. The average molecular weight is 294 g/mol. The second-order valence-electron chi connectivity index (χ2n) is 5.28. The van der Waals surface area contributed by atoms with Gasteiger partial charge in [-0.25, -0.2) is 9.78 Å². The van der Waals surface area contributed by atoms with E-state index in [0.717, 1.165) is 11.2 Å². The lowest BCUT2D eigenvalue weighted by atomic mass is 9.98. The number of benzene rings is 1. The quantitative estimate of drug-likeness (QED) is 0.690. The highest BCUT2D eigenvalue weighted by atomic mass is 16.5. The number of carbonyl (C=O) groups is 1. The molecule has 4 nitrogen and oxygen atoms in total. The Morgan fingerprint density at radius 2 is 2.00 bits per heavy atom. The number of ether oxygens (including phenoxy) is 1. The summed E-state index contributed by atoms with van der Waals surface area (Å²) in [4.78, 5) is 16.1. The van der Waals surface area contributed by atoms with E-state index in [1.54, 1.807) is 13.1 Å². The Morgan fingerprint density at radius 3 is 2.77 bits per heavy atom. The zero-order valence-electron chi connectivity index (χ0n) is 13.0. The van der Waals surface area contributed by atoms with Gasteiger partial charge in [0, 0.05) is 12.4 Å². The van der Waals surface area contributed by atoms with Gasteiger partial charge < -0.3 is 9.14 Å². The number of aryl methyl sites for hydroxylation is 1. The summed E-state index contributed by atoms with van der Waals surface area (Å²) in [6.07, 6.45) is 3.70. The summed E-state index contributed by atoms with van der Waals surface area (Å²) in [6.45, 7) is 6.35. The summed E-state index contributed by atoms with van der Waals surface area (Å²) in [6, 6.07) is 10.2. The molecule has 0 fully saturated rings. The van der Waals surface area contributed by atoms with Crippen molar-refractivity contribution in [2.24, 2.45) is 0 Å². The van der Waals surface area contributed by atoms with Crippen molar-refractivity contribution < 1.29 is 9.53 Å². The number of fused-ring (bicyclic) bond motifs is 1. The van der Waals surface area contributed by atoms with Crippen LogP contribution in [0.3, 0.4) is 0 Å². The van der Waals surface area contributed by atoms with Gasteiger partial charge in [0.25, 0.3) is 0 Å². The maximum atomic E-state index is 11.8. The standard InChI is InChI=1S/C18H18N2O2/c1-4-22-18(21)16-11-20-10-14(8-9-17(20)19-16)15-7-5-6-12(2)13(15)3/h5-11H,4H2,1-3H3. The first-order chi connectivity index (χ1) is 10.6. The molecule has 0 atom stereocenters. The fourth-order valence-corrected chi connectivity index (χ4v) is 2.52. The van der Waals surface area contributed by atoms with Crippen molar-refractivity contribution in [2.45, 2.75) is 20.8 Å². The van der Waals surface area contributed by atoms with Gasteiger partial charge in [0.1, 0.15) is 5.65 Å². The fraction of sp³-hybridized carbons (Fsp3) is 0.222. The lowest BCUT2D eigenvalue weighted by molar-refractivity contribution is 0.0520. The fourth-order valence-electron chi connectivity index (χ4n) is 2.52. The number of rotatable bonds is 3. The van der Waals surface area contributed by atoms with E-state index in [4.69, 9.17) is 4.74 Å². The summed E-state index contributed by atoms with van der Waals surface area (Å²) in [5.74, 6) is -0.389. The van der Waals surface area contributed by atoms with Gasteiger partial charge in [-0.15, -0.1) is 0 Å². The summed E-state index contributed by atoms with van der Waals surface area (Å²) < 4.78 is 6.86. The number of esters is 1. The average Bonchev–Trinajstić information content (AvgIpc) is 2.93. The molecule has 2 aromatic heterocycles. The van der Waals surface area contributed by atoms with Crippen LogP contribution in [0.1, 0.15) is 28.5 Å². The molecule has 0 aliphatic carbocycles. The smallest absolute Gasteiger partial charge is 0.358 e. The monoisotopic (exact) mass is 294 g/mol. The van der Waals surface area contributed by atoms with Crippen molar-refractivity contribution in [3.8, 4) is 11.1 Å². The highest BCUT2D eigenvalue weighted by Crippen LogP contribution is 2.25. The van der Waals surface area contributed by atoms with Gasteiger partial charge in [-0.05, 0) is 55.2 Å². The first kappa shape index (κ1) is 14.3. The molecule has 3 aromatic rings. The highest BCUT2D eigenvalue weighted by molar-refractivity contribution is 5.88. The molecule has 0 aliphatic rings. The Kier molecular flexibility index (Phi) is 3.67. The van der Waals surface area contributed by atoms with Gasteiger partial charge in [-0.3, -0.25) is 0 Å². The summed E-state index contributed by atoms with van der Waals surface area (Å²) in [7, 11) is 0. The maximum absolute atomic E-state index is 11.8. The van der Waals surface area contributed by atoms with Crippen LogP contribution < -0.4 is 0 Å². The Labute approximate surface area is 129 Å². The molecule has 0 bridgehead atoms. The Balaban J connectivity index is 2.06. The lowest BCUT2D eigenvalue weighted by Gasteiger charge is -2.09. The number of aromatic nitrogens is 2. The Bertz CT molecular complexity index is 849. The topological polar surface area (TPSA) is 43.6 Å². The minimum absolute atomic E-state index is 0.333. The highest BCUT2D eigenvalue weighted by Gasteiger charge is 2.12. The Hall–Kier alpha value is -2.62. The molecule has 1 aromatic carbocycles. The van der Waals surface area contributed by atoms with Crippen LogP contribution >= 0.6 is 0 Å². The molecule has 0 radical (unpaired) electrons. The van der Waals surface area contributed by atoms with Gasteiger partial charge >= 0.3 is 5.97 Å². The van der Waals surface area contributed by atoms with Crippen LogP contribution in [-0.2, 0) is 4.74 Å². The molecule has 0 saturated heterocycles. The number of nitrogens with zero attached hydrogens (tertiary/aromatic N) is 2. The van der Waals surface area contributed by atoms with Crippen molar-refractivity contribution in [3.63, 3.8) is 0 Å². The molecule has 2 heterocycles. The lowest BCUT2D eigenvalue weighted by Crippen LogP contribution is -2.04. The molecule has 0 N–H and O–H groups in total. The number of hydrogen-bond donors (Lipinski definition) is 0. The molecule has 0 spiro atoms. The third-order valence-corrected chi connectivity index (χ3v) is 3.85. The Morgan fingerprint density at radius 1 is 1.18 bits per heavy atom. The van der Waals surface area contributed by atoms with Crippen molar-refractivity contribution in [1.82, 2.24) is 9.38 Å². The van der Waals surface area contributed by atoms with Crippen molar-refractivity contribution >= 4 is 11.6 Å². The molecule has 0 unspecified atom stereocenters. The predicted octanol–water partition coefficient (Wildman–Crippen LogP) is 3.79. The van der Waals surface area contributed by atoms with E-state index in [2.05, 4.69) is 37.0 Å². The third-order valence-electron chi connectivity index (χ3n) is 3.85. The molecule has 0 aliphatic heterocycles. The summed E-state index contributed by atoms with van der Waals surface area (Å²) in [5.41, 5.74) is 5.87. The molecule has 0 saturated carbocycles. The third kappa shape index (κ3) is 2.48. The van der Waals surface area contributed by atoms with Crippen LogP contribution in [0.15, 0.2) is 42.7 Å². The zero-order valence-corrected chi connectivity index (χ0v) is 13.0. The molecule has 4 heteroatoms. The van der Waals surface area contributed by atoms with E-state index in [9.17, 15) is 4.79 Å². The van der Waals surface area contributed by atoms with Gasteiger partial charge in [0.05, 0.1) is 6.61 Å². The second-order valence-corrected chi connectivity index (χ2v) is 5.28. The summed E-state index contributed by atoms with van der Waals surface area (Å²) >= 11 is 0. The van der Waals surface area contributed by atoms with Crippen LogP contribution in [0.2, 0.25) is 0 Å². The van der Waals surface area contributed by atoms with Gasteiger partial charge in [-0.1, -0.05) is 18.2 Å². The van der Waals surface area contributed by atoms with Crippen molar-refractivity contribution in [3.05, 3.63) is 59.5 Å². The van der Waals surface area contributed by atoms with Crippen LogP contribution in [0.4, 0.5) is 0 Å². The predicted molar refractivity (Wildman–Crippen MR) is 86.1 cm³/mol. The molecular formula is C18H18N2O2. The van der Waals surface area contributed by atoms with Gasteiger partial charge in [0.2, 0.25) is 0 Å². The molecule has 3 rings (SSSR count). The van der Waals surface area contributed by atoms with E-state index in [1.165, 1.54) is 16.7 Å². The van der Waals surface area contributed by atoms with Gasteiger partial charge in [-0.2, -0.15) is 0 Å². The molecular weight excluding hydrogens is 276 g/mol. The molecule has 112 valence electrons. The van der Waals surface area contributed by atoms with Crippen molar-refractivity contribution in [2.75, 3.05) is 6.61 Å². The first-order valence-electron chi connectivity index (χ1n) is 7.32. The second kappa shape index (κ2) is 5.64. The SMILES string of the molecule is CCOC(=O)c1cn2cc(-c3cccc(C)c3C)ccc2n1. The molecule has 0 amide bonds. The molecule has 22 heavy (non-hydrogen) atoms. The maximum Gasteiger partial charge on any atom is 0.358 e. The minimum atomic E-state index is -0.389. The number of pyridine rings is 1. The van der Waals surface area contributed by atoms with Crippen LogP contribution in [0.25, 0.3) is 16.8 Å². The number of carbonyl (C=O) groups excluding carboxylic acids is 1. The van der Waals surface area contributed by atoms with Crippen LogP contribution in [-0.4, -0.2) is 22.0 Å². The zero-order chi connectivity index (χ0) is 15.7. The van der Waals surface area contributed by atoms with Crippen LogP contribution in [0, 0.1) is 13.8 Å². The normalized spacial score (nSPS) is 10.9. The van der Waals surface area contributed by atoms with Gasteiger partial charge in [0.15, 0.2) is 5.69 Å².